The van der Waals surface area contributed by atoms with Crippen molar-refractivity contribution in [3.63, 3.8) is 0 Å². The molecule has 20 nitrogen and oxygen atoms in total. The Bertz CT molecular complexity index is 2410. The third-order valence-electron chi connectivity index (χ3n) is 8.09. The highest BCUT2D eigenvalue weighted by Crippen LogP contribution is 2.16. The minimum absolute atomic E-state index is 0.0205. The summed E-state index contributed by atoms with van der Waals surface area (Å²) < 4.78 is 4.56. The standard InChI is InChI=1S/C22H20N8O2.C15H13N7O3/c1-14(16-5-3-2-4-6-16)26-22(32)19-11-18(24-13-25-19)21(31)23-12-15-7-9-17(10-8-15)20-27-29-30-28-20;1-25-15(24)12-6-11(17-8-18-12)14(23)16-7-9-2-4-10(5-3-9)13-19-21-22-20-13/h2-11,13-14H,12H2,1H3,(H,23,31)(H,26,32)(H,27,28,29,30);2-6,8H,7H2,1H3,(H,16,23)(H,19,20,21,22)/t14-;/m1./s1. The van der Waals surface area contributed by atoms with Crippen LogP contribution in [0.5, 0.6) is 0 Å². The van der Waals surface area contributed by atoms with Gasteiger partial charge in [-0.15, -0.1) is 20.4 Å². The lowest BCUT2D eigenvalue weighted by atomic mass is 10.1. The van der Waals surface area contributed by atoms with Gasteiger partial charge < -0.3 is 20.7 Å². The van der Waals surface area contributed by atoms with E-state index < -0.39 is 17.8 Å². The molecule has 3 aromatic carbocycles. The molecule has 0 aliphatic heterocycles. The van der Waals surface area contributed by atoms with Crippen molar-refractivity contribution in [3.05, 3.63) is 143 Å². The van der Waals surface area contributed by atoms with Crippen LogP contribution in [0.15, 0.2) is 104 Å². The predicted octanol–water partition coefficient (Wildman–Crippen LogP) is 2.45. The molecule has 4 aromatic heterocycles. The number of aromatic amines is 2. The summed E-state index contributed by atoms with van der Waals surface area (Å²) in [5.41, 5.74) is 4.69. The minimum Gasteiger partial charge on any atom is -0.464 e. The fourth-order valence-corrected chi connectivity index (χ4v) is 5.06. The lowest BCUT2D eigenvalue weighted by Gasteiger charge is -2.14. The molecule has 4 heterocycles. The number of amides is 3. The molecule has 0 aliphatic carbocycles. The van der Waals surface area contributed by atoms with E-state index in [0.717, 1.165) is 34.1 Å². The van der Waals surface area contributed by atoms with Gasteiger partial charge in [0.15, 0.2) is 5.69 Å². The van der Waals surface area contributed by atoms with Crippen LogP contribution in [-0.2, 0) is 17.8 Å². The Hall–Kier alpha value is -8.16. The Kier molecular flexibility index (Phi) is 12.7. The van der Waals surface area contributed by atoms with Crippen molar-refractivity contribution in [2.45, 2.75) is 26.1 Å². The molecule has 7 aromatic rings. The number of H-pyrrole nitrogens is 2. The monoisotopic (exact) mass is 767 g/mol. The zero-order valence-corrected chi connectivity index (χ0v) is 30.3. The average Bonchev–Trinajstić information content (AvgIpc) is 4.02. The van der Waals surface area contributed by atoms with Gasteiger partial charge in [-0.2, -0.15) is 10.4 Å². The maximum absolute atomic E-state index is 12.6. The van der Waals surface area contributed by atoms with Gasteiger partial charge in [0.2, 0.25) is 11.6 Å². The Balaban J connectivity index is 0.000000199. The molecule has 0 radical (unpaired) electrons. The summed E-state index contributed by atoms with van der Waals surface area (Å²) in [5, 5.41) is 35.8. The number of nitrogens with zero attached hydrogens (tertiary/aromatic N) is 10. The number of carbonyl (C=O) groups is 4. The molecule has 20 heteroatoms. The second-order valence-corrected chi connectivity index (χ2v) is 11.9. The lowest BCUT2D eigenvalue weighted by molar-refractivity contribution is 0.0593. The first-order chi connectivity index (χ1) is 27.8. The summed E-state index contributed by atoms with van der Waals surface area (Å²) in [6, 6.07) is 26.8. The first-order valence-electron chi connectivity index (χ1n) is 17.1. The smallest absolute Gasteiger partial charge is 0.356 e. The number of aromatic nitrogens is 12. The summed E-state index contributed by atoms with van der Waals surface area (Å²) in [7, 11) is 1.24. The molecular weight excluding hydrogens is 735 g/mol. The zero-order valence-electron chi connectivity index (χ0n) is 30.3. The molecule has 7 rings (SSSR count). The summed E-state index contributed by atoms with van der Waals surface area (Å²) in [6.45, 7) is 2.47. The number of hydrogen-bond acceptors (Lipinski definition) is 15. The SMILES string of the molecule is COC(=O)c1cc(C(=O)NCc2ccc(-c3nn[nH]n3)cc2)ncn1.C[C@@H](NC(=O)c1cc(C(=O)NCc2ccc(-c3nn[nH]n3)cc2)ncn1)c1ccccc1. The van der Waals surface area contributed by atoms with Crippen LogP contribution in [0.25, 0.3) is 22.8 Å². The van der Waals surface area contributed by atoms with Crippen molar-refractivity contribution >= 4 is 23.7 Å². The number of benzene rings is 3. The maximum Gasteiger partial charge on any atom is 0.356 e. The summed E-state index contributed by atoms with van der Waals surface area (Å²) in [6.07, 6.45) is 2.34. The van der Waals surface area contributed by atoms with E-state index in [1.54, 1.807) is 0 Å². The Morgan fingerprint density at radius 2 is 1.07 bits per heavy atom. The van der Waals surface area contributed by atoms with E-state index in [4.69, 9.17) is 0 Å². The van der Waals surface area contributed by atoms with Crippen LogP contribution in [-0.4, -0.2) is 92.0 Å². The van der Waals surface area contributed by atoms with Gasteiger partial charge in [0.1, 0.15) is 29.7 Å². The molecule has 0 fully saturated rings. The van der Waals surface area contributed by atoms with Crippen LogP contribution in [0.4, 0.5) is 0 Å². The van der Waals surface area contributed by atoms with E-state index in [9.17, 15) is 19.2 Å². The molecule has 0 saturated carbocycles. The molecule has 1 atom stereocenters. The molecular formula is C37H33N15O5. The van der Waals surface area contributed by atoms with E-state index in [1.807, 2.05) is 85.8 Å². The fourth-order valence-electron chi connectivity index (χ4n) is 5.06. The highest BCUT2D eigenvalue weighted by atomic mass is 16.5. The number of carbonyl (C=O) groups excluding carboxylic acids is 4. The molecule has 5 N–H and O–H groups in total. The second-order valence-electron chi connectivity index (χ2n) is 11.9. The minimum atomic E-state index is -0.631. The van der Waals surface area contributed by atoms with Gasteiger partial charge in [0.05, 0.1) is 13.2 Å². The van der Waals surface area contributed by atoms with Gasteiger partial charge in [-0.3, -0.25) is 14.4 Å². The van der Waals surface area contributed by atoms with Gasteiger partial charge in [-0.05, 0) is 34.0 Å². The Morgan fingerprint density at radius 1 is 0.614 bits per heavy atom. The van der Waals surface area contributed by atoms with E-state index in [1.165, 1.54) is 25.6 Å². The molecule has 0 saturated heterocycles. The lowest BCUT2D eigenvalue weighted by Crippen LogP contribution is -2.29. The van der Waals surface area contributed by atoms with Crippen LogP contribution < -0.4 is 16.0 Å². The molecule has 0 bridgehead atoms. The second kappa shape index (κ2) is 18.7. The van der Waals surface area contributed by atoms with E-state index in [2.05, 4.69) is 81.9 Å². The van der Waals surface area contributed by atoms with E-state index in [0.29, 0.717) is 24.7 Å². The van der Waals surface area contributed by atoms with Gasteiger partial charge in [0, 0.05) is 36.3 Å². The van der Waals surface area contributed by atoms with E-state index >= 15 is 0 Å². The Morgan fingerprint density at radius 3 is 1.53 bits per heavy atom. The van der Waals surface area contributed by atoms with Crippen molar-refractivity contribution in [2.24, 2.45) is 0 Å². The normalized spacial score (nSPS) is 11.0. The summed E-state index contributed by atoms with van der Waals surface area (Å²) >= 11 is 0. The number of ether oxygens (including phenoxy) is 1. The van der Waals surface area contributed by atoms with Crippen LogP contribution >= 0.6 is 0 Å². The van der Waals surface area contributed by atoms with Gasteiger partial charge in [-0.25, -0.2) is 24.7 Å². The van der Waals surface area contributed by atoms with Crippen molar-refractivity contribution in [3.8, 4) is 22.8 Å². The summed E-state index contributed by atoms with van der Waals surface area (Å²) in [5.74, 6) is -0.848. The van der Waals surface area contributed by atoms with Crippen molar-refractivity contribution in [2.75, 3.05) is 7.11 Å². The highest BCUT2D eigenvalue weighted by Gasteiger charge is 2.17. The largest absolute Gasteiger partial charge is 0.464 e. The van der Waals surface area contributed by atoms with E-state index in [-0.39, 0.29) is 34.7 Å². The first kappa shape index (κ1) is 38.6. The number of esters is 1. The molecule has 3 amide bonds. The Labute approximate surface area is 323 Å². The van der Waals surface area contributed by atoms with Crippen molar-refractivity contribution in [1.82, 2.24) is 77.1 Å². The van der Waals surface area contributed by atoms with Gasteiger partial charge in [0.25, 0.3) is 17.7 Å². The molecule has 57 heavy (non-hydrogen) atoms. The quantitative estimate of drug-likeness (QED) is 0.112. The third-order valence-corrected chi connectivity index (χ3v) is 8.09. The number of rotatable bonds is 12. The fraction of sp³-hybridized carbons (Fsp3) is 0.135. The maximum atomic E-state index is 12.6. The van der Waals surface area contributed by atoms with Crippen LogP contribution in [0.2, 0.25) is 0 Å². The molecule has 0 aliphatic rings. The van der Waals surface area contributed by atoms with Crippen LogP contribution in [0, 0.1) is 0 Å². The van der Waals surface area contributed by atoms with Crippen molar-refractivity contribution in [1.29, 1.82) is 0 Å². The van der Waals surface area contributed by atoms with Crippen molar-refractivity contribution < 1.29 is 23.9 Å². The van der Waals surface area contributed by atoms with Gasteiger partial charge in [-0.1, -0.05) is 78.9 Å². The number of tetrazole rings is 2. The summed E-state index contributed by atoms with van der Waals surface area (Å²) in [4.78, 5) is 64.3. The first-order valence-corrected chi connectivity index (χ1v) is 17.1. The third kappa shape index (κ3) is 10.5. The highest BCUT2D eigenvalue weighted by molar-refractivity contribution is 5.97. The number of hydrogen-bond donors (Lipinski definition) is 5. The molecule has 0 unspecified atom stereocenters. The van der Waals surface area contributed by atoms with Crippen LogP contribution in [0.1, 0.15) is 71.6 Å². The van der Waals surface area contributed by atoms with Gasteiger partial charge >= 0.3 is 5.97 Å². The van der Waals surface area contributed by atoms with Crippen LogP contribution in [0.3, 0.4) is 0 Å². The topological polar surface area (TPSA) is 274 Å². The predicted molar refractivity (Wildman–Crippen MR) is 199 cm³/mol. The molecule has 286 valence electrons. The number of nitrogens with one attached hydrogen (secondary N) is 5. The zero-order chi connectivity index (χ0) is 40.0. The number of methoxy groups -OCH3 is 1. The average molecular weight is 768 g/mol. The molecule has 0 spiro atoms.